The van der Waals surface area contributed by atoms with Crippen molar-refractivity contribution in [3.05, 3.63) is 70.9 Å². The van der Waals surface area contributed by atoms with Crippen molar-refractivity contribution in [3.8, 4) is 51.5 Å². The van der Waals surface area contributed by atoms with Gasteiger partial charge in [-0.2, -0.15) is 17.5 Å². The number of unbranched alkanes of at least 4 members (excludes halogenated alkanes) is 2. The standard InChI is InChI=1S/C44H44F2N4S6Si/c1-5-9-13-25(7-3)23-57(24-26(8-4)14-10-6-2)35-21-33(27-19-29(45)37(31-15-11-17-51-31)41-39(27)47-55-49-41)53-43(35)44-36(57)22-34(54-44)28-20-30(46)38(32-16-12-18-52-32)42-40(28)48-56-50-42/h11-12,15-22,25-26H,5-10,13-14,23-24H2,1-4H3. The Balaban J connectivity index is 1.26. The fourth-order valence-electron chi connectivity index (χ4n) is 9.14. The maximum atomic E-state index is 16.3. The number of nitrogens with zero attached hydrogens (tertiary/aromatic N) is 4. The molecule has 8 aromatic rings. The van der Waals surface area contributed by atoms with Gasteiger partial charge in [0.15, 0.2) is 0 Å². The van der Waals surface area contributed by atoms with E-state index in [0.29, 0.717) is 34.0 Å². The highest BCUT2D eigenvalue weighted by molar-refractivity contribution is 7.31. The summed E-state index contributed by atoms with van der Waals surface area (Å²) in [5, 5.41) is 6.98. The number of halogens is 2. The molecule has 0 N–H and O–H groups in total. The van der Waals surface area contributed by atoms with Crippen LogP contribution in [0.5, 0.6) is 0 Å². The predicted octanol–water partition coefficient (Wildman–Crippen LogP) is 14.9. The lowest BCUT2D eigenvalue weighted by molar-refractivity contribution is 0.469. The van der Waals surface area contributed by atoms with E-state index >= 15 is 8.78 Å². The first-order valence-corrected chi connectivity index (χ1v) is 27.4. The first kappa shape index (κ1) is 39.4. The van der Waals surface area contributed by atoms with E-state index in [0.717, 1.165) is 78.0 Å². The van der Waals surface area contributed by atoms with E-state index in [2.05, 4.69) is 48.6 Å². The summed E-state index contributed by atoms with van der Waals surface area (Å²) in [4.78, 5) is 6.50. The van der Waals surface area contributed by atoms with Gasteiger partial charge in [-0.25, -0.2) is 8.78 Å². The van der Waals surface area contributed by atoms with Crippen molar-refractivity contribution in [2.75, 3.05) is 0 Å². The summed E-state index contributed by atoms with van der Waals surface area (Å²) >= 11 is 8.95. The molecule has 2 atom stereocenters. The zero-order chi connectivity index (χ0) is 39.3. The van der Waals surface area contributed by atoms with Crippen LogP contribution in [0.25, 0.3) is 73.6 Å². The first-order chi connectivity index (χ1) is 27.9. The van der Waals surface area contributed by atoms with E-state index in [-0.39, 0.29) is 11.6 Å². The summed E-state index contributed by atoms with van der Waals surface area (Å²) in [7, 11) is -2.43. The maximum absolute atomic E-state index is 16.3. The van der Waals surface area contributed by atoms with E-state index in [9.17, 15) is 0 Å². The van der Waals surface area contributed by atoms with Gasteiger partial charge in [-0.05, 0) is 81.5 Å². The van der Waals surface area contributed by atoms with E-state index in [1.807, 2.05) is 35.0 Å². The molecule has 13 heteroatoms. The molecule has 0 saturated carbocycles. The number of fused-ring (bicyclic) bond motifs is 5. The second kappa shape index (κ2) is 16.5. The molecule has 0 aliphatic carbocycles. The molecular weight excluding hydrogens is 843 g/mol. The lowest BCUT2D eigenvalue weighted by atomic mass is 10.0. The lowest BCUT2D eigenvalue weighted by Gasteiger charge is -2.35. The van der Waals surface area contributed by atoms with Crippen molar-refractivity contribution in [2.45, 2.75) is 91.1 Å². The van der Waals surface area contributed by atoms with E-state index in [1.165, 1.54) is 93.4 Å². The van der Waals surface area contributed by atoms with Gasteiger partial charge in [0.05, 0.1) is 34.6 Å². The van der Waals surface area contributed by atoms with Crippen molar-refractivity contribution in [3.63, 3.8) is 0 Å². The molecule has 7 heterocycles. The Morgan fingerprint density at radius 2 is 1.02 bits per heavy atom. The zero-order valence-corrected chi connectivity index (χ0v) is 38.4. The molecule has 6 aromatic heterocycles. The molecule has 0 amide bonds. The monoisotopic (exact) mass is 886 g/mol. The Bertz CT molecular complexity index is 2470. The minimum Gasteiger partial charge on any atom is -0.206 e. The summed E-state index contributed by atoms with van der Waals surface area (Å²) in [5.74, 6) is 0.711. The van der Waals surface area contributed by atoms with Crippen molar-refractivity contribution < 1.29 is 8.78 Å². The predicted molar refractivity (Wildman–Crippen MR) is 248 cm³/mol. The third kappa shape index (κ3) is 6.92. The maximum Gasteiger partial charge on any atom is 0.134 e. The Morgan fingerprint density at radius 1 is 0.579 bits per heavy atom. The molecule has 9 rings (SSSR count). The number of hydrogen-bond acceptors (Lipinski definition) is 10. The quantitative estimate of drug-likeness (QED) is 0.0907. The highest BCUT2D eigenvalue weighted by atomic mass is 32.1. The summed E-state index contributed by atoms with van der Waals surface area (Å²) in [6.07, 6.45) is 9.61. The normalized spacial score (nSPS) is 14.5. The molecule has 0 fully saturated rings. The van der Waals surface area contributed by atoms with Crippen LogP contribution in [0.1, 0.15) is 79.1 Å². The lowest BCUT2D eigenvalue weighted by Crippen LogP contribution is -2.56. The van der Waals surface area contributed by atoms with Gasteiger partial charge >= 0.3 is 0 Å². The summed E-state index contributed by atoms with van der Waals surface area (Å²) in [6.45, 7) is 9.35. The average Bonchev–Trinajstić information content (AvgIpc) is 4.07. The minimum atomic E-state index is -2.43. The van der Waals surface area contributed by atoms with E-state index in [1.54, 1.807) is 34.8 Å². The Morgan fingerprint density at radius 3 is 1.40 bits per heavy atom. The SMILES string of the molecule is CCCCC(CC)C[Si]1(CC(CC)CCCC)c2cc(-c3cc(F)c(-c4cccs4)c4nsnc34)sc2-c2sc(-c3cc(F)c(-c4cccs4)c4nsnc34)cc21. The topological polar surface area (TPSA) is 51.6 Å². The van der Waals surface area contributed by atoms with Crippen LogP contribution in [0.15, 0.2) is 59.3 Å². The highest BCUT2D eigenvalue weighted by Crippen LogP contribution is 2.51. The average molecular weight is 887 g/mol. The van der Waals surface area contributed by atoms with Gasteiger partial charge in [-0.15, -0.1) is 45.3 Å². The number of thiophene rings is 4. The molecule has 1 aliphatic heterocycles. The van der Waals surface area contributed by atoms with Crippen LogP contribution in [0.2, 0.25) is 12.1 Å². The molecule has 294 valence electrons. The van der Waals surface area contributed by atoms with Gasteiger partial charge in [0.1, 0.15) is 41.8 Å². The fraction of sp³-hybridized carbons (Fsp3) is 0.364. The Kier molecular flexibility index (Phi) is 11.4. The largest absolute Gasteiger partial charge is 0.206 e. The zero-order valence-electron chi connectivity index (χ0n) is 32.5. The molecule has 2 aromatic carbocycles. The first-order valence-electron chi connectivity index (χ1n) is 20.2. The molecule has 57 heavy (non-hydrogen) atoms. The van der Waals surface area contributed by atoms with Crippen LogP contribution < -0.4 is 10.4 Å². The van der Waals surface area contributed by atoms with Crippen LogP contribution in [0.4, 0.5) is 8.78 Å². The Labute approximate surface area is 358 Å². The smallest absolute Gasteiger partial charge is 0.134 e. The Hall–Kier alpha value is -3.04. The van der Waals surface area contributed by atoms with Crippen LogP contribution in [-0.2, 0) is 0 Å². The molecule has 2 unspecified atom stereocenters. The number of benzene rings is 2. The fourth-order valence-corrected chi connectivity index (χ4v) is 22.3. The molecule has 1 aliphatic rings. The molecule has 0 radical (unpaired) electrons. The summed E-state index contributed by atoms with van der Waals surface area (Å²) in [6, 6.07) is 18.5. The summed E-state index contributed by atoms with van der Waals surface area (Å²) in [5.41, 5.74) is 5.56. The number of hydrogen-bond donors (Lipinski definition) is 0. The van der Waals surface area contributed by atoms with Crippen molar-refractivity contribution >= 4 is 109 Å². The number of rotatable bonds is 16. The van der Waals surface area contributed by atoms with Crippen LogP contribution in [0.3, 0.4) is 0 Å². The van der Waals surface area contributed by atoms with E-state index in [4.69, 9.17) is 8.75 Å². The van der Waals surface area contributed by atoms with Crippen molar-refractivity contribution in [2.24, 2.45) is 11.8 Å². The second-order valence-corrected chi connectivity index (χ2v) is 24.6. The van der Waals surface area contributed by atoms with Crippen LogP contribution in [-0.4, -0.2) is 25.6 Å². The van der Waals surface area contributed by atoms with Gasteiger partial charge < -0.3 is 0 Å². The third-order valence-corrected chi connectivity index (χ3v) is 23.2. The van der Waals surface area contributed by atoms with Crippen LogP contribution >= 0.6 is 68.8 Å². The summed E-state index contributed by atoms with van der Waals surface area (Å²) < 4.78 is 51.6. The van der Waals surface area contributed by atoms with Gasteiger partial charge in [-0.1, -0.05) is 91.2 Å². The van der Waals surface area contributed by atoms with Gasteiger partial charge in [0, 0.05) is 40.4 Å². The molecule has 0 spiro atoms. The molecule has 0 saturated heterocycles. The third-order valence-electron chi connectivity index (χ3n) is 12.1. The number of aromatic nitrogens is 4. The molecule has 0 bridgehead atoms. The van der Waals surface area contributed by atoms with Gasteiger partial charge in [0.2, 0.25) is 0 Å². The van der Waals surface area contributed by atoms with Crippen molar-refractivity contribution in [1.82, 2.24) is 17.5 Å². The second-order valence-electron chi connectivity index (χ2n) is 15.5. The molecular formula is C44H44F2N4S6Si. The van der Waals surface area contributed by atoms with E-state index < -0.39 is 8.07 Å². The van der Waals surface area contributed by atoms with Crippen LogP contribution in [0, 0.1) is 23.5 Å². The highest BCUT2D eigenvalue weighted by Gasteiger charge is 2.50. The molecule has 4 nitrogen and oxygen atoms in total. The van der Waals surface area contributed by atoms with Gasteiger partial charge in [-0.3, -0.25) is 0 Å². The van der Waals surface area contributed by atoms with Crippen molar-refractivity contribution in [1.29, 1.82) is 0 Å². The minimum absolute atomic E-state index is 0.256. The van der Waals surface area contributed by atoms with Gasteiger partial charge in [0.25, 0.3) is 0 Å².